The van der Waals surface area contributed by atoms with Crippen LogP contribution in [0, 0.1) is 5.92 Å². The average Bonchev–Trinajstić information content (AvgIpc) is 2.97. The Balaban J connectivity index is 1.21. The molecule has 0 spiro atoms. The minimum Gasteiger partial charge on any atom is -0.492 e. The number of nitrogens with one attached hydrogen (secondary N) is 2. The molecule has 2 amide bonds. The van der Waals surface area contributed by atoms with Crippen molar-refractivity contribution < 1.29 is 23.9 Å². The molecule has 11 heteroatoms. The highest BCUT2D eigenvalue weighted by Crippen LogP contribution is 2.22. The molecule has 1 aromatic heterocycles. The number of aromatic nitrogens is 2. The number of carbonyl (C=O) groups is 3. The van der Waals surface area contributed by atoms with Gasteiger partial charge in [-0.05, 0) is 88.7 Å². The lowest BCUT2D eigenvalue weighted by atomic mass is 9.96. The van der Waals surface area contributed by atoms with Crippen molar-refractivity contribution in [1.29, 1.82) is 0 Å². The summed E-state index contributed by atoms with van der Waals surface area (Å²) in [4.78, 5) is 46.6. The summed E-state index contributed by atoms with van der Waals surface area (Å²) in [6.07, 6.45) is 5.03. The molecule has 0 bridgehead atoms. The fourth-order valence-electron chi connectivity index (χ4n) is 4.49. The second-order valence-electron chi connectivity index (χ2n) is 11.2. The van der Waals surface area contributed by atoms with E-state index in [0.29, 0.717) is 18.1 Å². The van der Waals surface area contributed by atoms with Crippen LogP contribution in [0.4, 0.5) is 11.6 Å². The van der Waals surface area contributed by atoms with E-state index < -0.39 is 11.6 Å². The first-order valence-electron chi connectivity index (χ1n) is 14.0. The number of nitrogens with zero attached hydrogens (tertiary/aromatic N) is 3. The number of primary amides is 1. The zero-order chi connectivity index (χ0) is 30.1. The molecule has 2 aromatic carbocycles. The molecule has 42 heavy (non-hydrogen) atoms. The first-order valence-corrected chi connectivity index (χ1v) is 14.0. The molecular weight excluding hydrogens is 536 g/mol. The number of nitrogens with two attached hydrogens (primary N) is 1. The highest BCUT2D eigenvalue weighted by atomic mass is 16.6. The topological polar surface area (TPSA) is 149 Å². The number of piperidine rings is 1. The predicted octanol–water partition coefficient (Wildman–Crippen LogP) is 3.53. The van der Waals surface area contributed by atoms with Crippen LogP contribution in [0.15, 0.2) is 60.9 Å². The second kappa shape index (κ2) is 13.9. The molecule has 1 saturated heterocycles. The maximum absolute atomic E-state index is 12.4. The van der Waals surface area contributed by atoms with Gasteiger partial charge in [0.05, 0.1) is 0 Å². The summed E-state index contributed by atoms with van der Waals surface area (Å²) in [5.74, 6) is 0.160. The third-order valence-electron chi connectivity index (χ3n) is 6.72. The van der Waals surface area contributed by atoms with Gasteiger partial charge >= 0.3 is 5.97 Å². The van der Waals surface area contributed by atoms with E-state index in [1.54, 1.807) is 57.4 Å². The number of benzene rings is 2. The third-order valence-corrected chi connectivity index (χ3v) is 6.72. The molecule has 1 aliphatic heterocycles. The van der Waals surface area contributed by atoms with Gasteiger partial charge in [0, 0.05) is 41.7 Å². The summed E-state index contributed by atoms with van der Waals surface area (Å²) in [7, 11) is 0. The Kier molecular flexibility index (Phi) is 10.1. The average molecular weight is 575 g/mol. The van der Waals surface area contributed by atoms with Gasteiger partial charge in [0.1, 0.15) is 24.5 Å². The van der Waals surface area contributed by atoms with Crippen molar-refractivity contribution in [3.05, 3.63) is 66.5 Å². The van der Waals surface area contributed by atoms with Gasteiger partial charge in [-0.25, -0.2) is 9.97 Å². The summed E-state index contributed by atoms with van der Waals surface area (Å²) < 4.78 is 11.1. The maximum Gasteiger partial charge on any atom is 0.325 e. The SMILES string of the molecule is CC(C)(C)OC(=O)CNC(=O)c1ccc(-c2cnc(Nc3ccc(OCCN4CCC(C(N)=O)CC4)cc3)nc2)cc1. The van der Waals surface area contributed by atoms with Crippen molar-refractivity contribution in [2.24, 2.45) is 11.7 Å². The van der Waals surface area contributed by atoms with Crippen molar-refractivity contribution in [3.8, 4) is 16.9 Å². The molecule has 222 valence electrons. The Morgan fingerprint density at radius 3 is 2.19 bits per heavy atom. The molecule has 4 N–H and O–H groups in total. The molecule has 4 rings (SSSR count). The van der Waals surface area contributed by atoms with Gasteiger partial charge in [0.2, 0.25) is 11.9 Å². The second-order valence-corrected chi connectivity index (χ2v) is 11.2. The largest absolute Gasteiger partial charge is 0.492 e. The van der Waals surface area contributed by atoms with E-state index in [0.717, 1.165) is 55.0 Å². The van der Waals surface area contributed by atoms with Crippen molar-refractivity contribution >= 4 is 29.4 Å². The molecule has 1 fully saturated rings. The smallest absolute Gasteiger partial charge is 0.325 e. The van der Waals surface area contributed by atoms with E-state index in [9.17, 15) is 14.4 Å². The van der Waals surface area contributed by atoms with Crippen LogP contribution in [0.1, 0.15) is 44.0 Å². The highest BCUT2D eigenvalue weighted by molar-refractivity contribution is 5.96. The van der Waals surface area contributed by atoms with E-state index in [1.165, 1.54) is 0 Å². The van der Waals surface area contributed by atoms with E-state index in [-0.39, 0.29) is 24.3 Å². The number of likely N-dealkylation sites (tertiary alicyclic amines) is 1. The van der Waals surface area contributed by atoms with E-state index >= 15 is 0 Å². The first kappa shape index (κ1) is 30.4. The molecule has 2 heterocycles. The molecule has 0 unspecified atom stereocenters. The van der Waals surface area contributed by atoms with Gasteiger partial charge in [-0.1, -0.05) is 12.1 Å². The normalized spacial score (nSPS) is 14.2. The van der Waals surface area contributed by atoms with Gasteiger partial charge in [-0.3, -0.25) is 19.3 Å². The predicted molar refractivity (Wildman–Crippen MR) is 159 cm³/mol. The van der Waals surface area contributed by atoms with Gasteiger partial charge in [0.25, 0.3) is 5.91 Å². The number of carbonyl (C=O) groups excluding carboxylic acids is 3. The standard InChI is InChI=1S/C31H38N6O5/c1-31(2,3)42-27(38)20-33-29(40)23-6-4-21(5-7-23)24-18-34-30(35-19-24)36-25-8-10-26(11-9-25)41-17-16-37-14-12-22(13-15-37)28(32)39/h4-11,18-19,22H,12-17,20H2,1-3H3,(H2,32,39)(H,33,40)(H,34,35,36). The Labute approximate surface area is 245 Å². The molecule has 0 atom stereocenters. The number of hydrogen-bond acceptors (Lipinski definition) is 9. The lowest BCUT2D eigenvalue weighted by Gasteiger charge is -2.30. The monoisotopic (exact) mass is 574 g/mol. The Morgan fingerprint density at radius 1 is 0.952 bits per heavy atom. The minimum absolute atomic E-state index is 0.00626. The third kappa shape index (κ3) is 9.27. The van der Waals surface area contributed by atoms with Crippen LogP contribution in [0.25, 0.3) is 11.1 Å². The summed E-state index contributed by atoms with van der Waals surface area (Å²) in [6.45, 7) is 8.21. The fourth-order valence-corrected chi connectivity index (χ4v) is 4.49. The Morgan fingerprint density at radius 2 is 1.60 bits per heavy atom. The van der Waals surface area contributed by atoms with Crippen LogP contribution in [0.2, 0.25) is 0 Å². The molecular formula is C31H38N6O5. The van der Waals surface area contributed by atoms with Crippen molar-refractivity contribution in [3.63, 3.8) is 0 Å². The molecule has 3 aromatic rings. The molecule has 0 saturated carbocycles. The highest BCUT2D eigenvalue weighted by Gasteiger charge is 2.22. The zero-order valence-corrected chi connectivity index (χ0v) is 24.3. The molecule has 0 radical (unpaired) electrons. The molecule has 1 aliphatic rings. The number of hydrogen-bond donors (Lipinski definition) is 3. The van der Waals surface area contributed by atoms with E-state index in [1.807, 2.05) is 24.3 Å². The van der Waals surface area contributed by atoms with E-state index in [2.05, 4.69) is 25.5 Å². The number of esters is 1. The van der Waals surface area contributed by atoms with Gasteiger partial charge in [0.15, 0.2) is 0 Å². The van der Waals surface area contributed by atoms with Gasteiger partial charge in [-0.15, -0.1) is 0 Å². The lowest BCUT2D eigenvalue weighted by molar-refractivity contribution is -0.153. The van der Waals surface area contributed by atoms with Crippen molar-refractivity contribution in [2.45, 2.75) is 39.2 Å². The van der Waals surface area contributed by atoms with Crippen molar-refractivity contribution in [1.82, 2.24) is 20.2 Å². The molecule has 0 aliphatic carbocycles. The summed E-state index contributed by atoms with van der Waals surface area (Å²) >= 11 is 0. The summed E-state index contributed by atoms with van der Waals surface area (Å²) in [6, 6.07) is 14.5. The van der Waals surface area contributed by atoms with Crippen LogP contribution in [-0.2, 0) is 14.3 Å². The maximum atomic E-state index is 12.4. The van der Waals surface area contributed by atoms with E-state index in [4.69, 9.17) is 15.2 Å². The summed E-state index contributed by atoms with van der Waals surface area (Å²) in [5, 5.41) is 5.75. The zero-order valence-electron chi connectivity index (χ0n) is 24.3. The van der Waals surface area contributed by atoms with Gasteiger partial charge in [-0.2, -0.15) is 0 Å². The number of amides is 2. The van der Waals surface area contributed by atoms with Crippen molar-refractivity contribution in [2.75, 3.05) is 38.1 Å². The summed E-state index contributed by atoms with van der Waals surface area (Å²) in [5.41, 5.74) is 7.70. The van der Waals surface area contributed by atoms with Crippen LogP contribution in [0.5, 0.6) is 5.75 Å². The quantitative estimate of drug-likeness (QED) is 0.292. The van der Waals surface area contributed by atoms with Gasteiger partial charge < -0.3 is 25.8 Å². The van der Waals surface area contributed by atoms with Crippen LogP contribution >= 0.6 is 0 Å². The lowest BCUT2D eigenvalue weighted by Crippen LogP contribution is -2.40. The Bertz CT molecular complexity index is 1350. The van der Waals surface area contributed by atoms with Crippen LogP contribution < -0.4 is 21.1 Å². The minimum atomic E-state index is -0.606. The van der Waals surface area contributed by atoms with Crippen LogP contribution in [-0.4, -0.2) is 71.0 Å². The number of anilines is 2. The van der Waals surface area contributed by atoms with Crippen LogP contribution in [0.3, 0.4) is 0 Å². The number of ether oxygens (including phenoxy) is 2. The Hall–Kier alpha value is -4.51. The first-order chi connectivity index (χ1) is 20.1. The fraction of sp³-hybridized carbons (Fsp3) is 0.387. The molecule has 11 nitrogen and oxygen atoms in total. The number of rotatable bonds is 11.